The smallest absolute Gasteiger partial charge is 0.313 e. The molecule has 0 spiro atoms. The second-order valence-electron chi connectivity index (χ2n) is 2.13. The van der Waals surface area contributed by atoms with E-state index in [1.165, 1.54) is 11.8 Å². The molecule has 0 fully saturated rings. The van der Waals surface area contributed by atoms with E-state index in [1.54, 1.807) is 11.8 Å². The van der Waals surface area contributed by atoms with Crippen molar-refractivity contribution in [3.05, 3.63) is 11.8 Å². The molecule has 0 aliphatic carbocycles. The third-order valence-electron chi connectivity index (χ3n) is 1.23. The van der Waals surface area contributed by atoms with Gasteiger partial charge in [0.1, 0.15) is 4.38 Å². The summed E-state index contributed by atoms with van der Waals surface area (Å²) in [5.41, 5.74) is 1.04. The van der Waals surface area contributed by atoms with Crippen LogP contribution in [0.25, 0.3) is 0 Å². The van der Waals surface area contributed by atoms with Gasteiger partial charge in [-0.1, -0.05) is 29.6 Å². The zero-order valence-corrected chi connectivity index (χ0v) is 8.24. The zero-order chi connectivity index (χ0) is 8.97. The van der Waals surface area contributed by atoms with E-state index in [1.807, 2.05) is 13.0 Å². The Labute approximate surface area is 79.3 Å². The van der Waals surface area contributed by atoms with Crippen molar-refractivity contribution in [2.24, 2.45) is 4.99 Å². The maximum Gasteiger partial charge on any atom is 0.313 e. The van der Waals surface area contributed by atoms with E-state index in [-0.39, 0.29) is 5.75 Å². The molecule has 0 radical (unpaired) electrons. The molecule has 0 unspecified atom stereocenters. The molecular formula is C7H9NO2S2. The van der Waals surface area contributed by atoms with Gasteiger partial charge in [-0.3, -0.25) is 4.79 Å². The highest BCUT2D eigenvalue weighted by molar-refractivity contribution is 8.39. The summed E-state index contributed by atoms with van der Waals surface area (Å²) in [6, 6.07) is 0. The molecule has 1 N–H and O–H groups in total. The van der Waals surface area contributed by atoms with E-state index in [9.17, 15) is 4.79 Å². The van der Waals surface area contributed by atoms with Crippen LogP contribution >= 0.6 is 23.5 Å². The third kappa shape index (κ3) is 2.91. The normalized spacial score (nSPS) is 19.8. The minimum atomic E-state index is -0.794. The predicted molar refractivity (Wildman–Crippen MR) is 53.7 cm³/mol. The maximum atomic E-state index is 10.2. The molecule has 0 aromatic heterocycles. The molecule has 0 aromatic rings. The van der Waals surface area contributed by atoms with Gasteiger partial charge in [0.2, 0.25) is 0 Å². The van der Waals surface area contributed by atoms with Gasteiger partial charge in [0.25, 0.3) is 0 Å². The number of allylic oxidation sites excluding steroid dienone is 1. The number of nitrogens with zero attached hydrogens (tertiary/aromatic N) is 1. The van der Waals surface area contributed by atoms with Gasteiger partial charge in [-0.15, -0.1) is 0 Å². The van der Waals surface area contributed by atoms with Gasteiger partial charge < -0.3 is 5.11 Å². The predicted octanol–water partition coefficient (Wildman–Crippen LogP) is 1.81. The Kier molecular flexibility index (Phi) is 3.68. The van der Waals surface area contributed by atoms with Crippen LogP contribution in [0.4, 0.5) is 0 Å². The van der Waals surface area contributed by atoms with Crippen molar-refractivity contribution in [1.82, 2.24) is 0 Å². The Bertz CT molecular complexity index is 248. The first kappa shape index (κ1) is 9.67. The van der Waals surface area contributed by atoms with Crippen molar-refractivity contribution in [3.8, 4) is 0 Å². The lowest BCUT2D eigenvalue weighted by Crippen LogP contribution is -1.99. The van der Waals surface area contributed by atoms with Gasteiger partial charge in [-0.25, -0.2) is 4.99 Å². The highest BCUT2D eigenvalue weighted by Crippen LogP contribution is 2.27. The van der Waals surface area contributed by atoms with Crippen molar-refractivity contribution in [2.75, 3.05) is 11.5 Å². The topological polar surface area (TPSA) is 49.7 Å². The molecule has 0 bridgehead atoms. The van der Waals surface area contributed by atoms with E-state index >= 15 is 0 Å². The molecule has 1 aliphatic rings. The first-order chi connectivity index (χ1) is 5.72. The average molecular weight is 203 g/mol. The van der Waals surface area contributed by atoms with Crippen LogP contribution < -0.4 is 0 Å². The molecule has 66 valence electrons. The van der Waals surface area contributed by atoms with E-state index in [0.717, 1.165) is 15.8 Å². The fourth-order valence-corrected chi connectivity index (χ4v) is 2.46. The number of carboxylic acid groups (broad SMARTS) is 1. The van der Waals surface area contributed by atoms with Gasteiger partial charge in [0, 0.05) is 11.4 Å². The van der Waals surface area contributed by atoms with Crippen LogP contribution in [0.5, 0.6) is 0 Å². The quantitative estimate of drug-likeness (QED) is 0.743. The Balaban J connectivity index is 2.40. The molecule has 5 heteroatoms. The monoisotopic (exact) mass is 203 g/mol. The van der Waals surface area contributed by atoms with Gasteiger partial charge in [-0.05, 0) is 6.92 Å². The zero-order valence-electron chi connectivity index (χ0n) is 6.61. The summed E-state index contributed by atoms with van der Waals surface area (Å²) >= 11 is 2.88. The van der Waals surface area contributed by atoms with Crippen LogP contribution in [-0.4, -0.2) is 27.0 Å². The van der Waals surface area contributed by atoms with E-state index in [4.69, 9.17) is 5.11 Å². The number of thioether (sulfide) groups is 2. The van der Waals surface area contributed by atoms with E-state index < -0.39 is 5.97 Å². The van der Waals surface area contributed by atoms with Crippen LogP contribution in [0.15, 0.2) is 16.8 Å². The summed E-state index contributed by atoms with van der Waals surface area (Å²) in [5.74, 6) is 0.179. The third-order valence-corrected chi connectivity index (χ3v) is 3.45. The van der Waals surface area contributed by atoms with Crippen LogP contribution in [0.1, 0.15) is 6.92 Å². The summed E-state index contributed by atoms with van der Waals surface area (Å²) < 4.78 is 0.866. The Hall–Kier alpha value is -0.420. The van der Waals surface area contributed by atoms with Gasteiger partial charge in [-0.2, -0.15) is 0 Å². The minimum Gasteiger partial charge on any atom is -0.481 e. The van der Waals surface area contributed by atoms with Crippen LogP contribution in [0, 0.1) is 0 Å². The number of hydrogen-bond donors (Lipinski definition) is 1. The fourth-order valence-electron chi connectivity index (χ4n) is 0.663. The maximum absolute atomic E-state index is 10.2. The van der Waals surface area contributed by atoms with Crippen molar-refractivity contribution in [1.29, 1.82) is 0 Å². The summed E-state index contributed by atoms with van der Waals surface area (Å²) in [4.78, 5) is 14.4. The van der Waals surface area contributed by atoms with Gasteiger partial charge in [0.05, 0.1) is 5.75 Å². The standard InChI is InChI=1S/C7H9NO2S2/c1-2-5-3-11-7(8-5)12-4-6(9)10/h2H,3-4H2,1H3,(H,9,10)/b5-2+. The van der Waals surface area contributed by atoms with Crippen LogP contribution in [0.2, 0.25) is 0 Å². The number of aliphatic imine (C=N–C) groups is 1. The highest BCUT2D eigenvalue weighted by atomic mass is 32.2. The van der Waals surface area contributed by atoms with Gasteiger partial charge >= 0.3 is 5.97 Å². The molecule has 0 saturated carbocycles. The Morgan fingerprint density at radius 2 is 2.67 bits per heavy atom. The highest BCUT2D eigenvalue weighted by Gasteiger charge is 2.12. The second kappa shape index (κ2) is 4.57. The summed E-state index contributed by atoms with van der Waals surface area (Å²) in [6.45, 7) is 1.93. The molecule has 3 nitrogen and oxygen atoms in total. The lowest BCUT2D eigenvalue weighted by atomic mass is 10.5. The number of hydrogen-bond acceptors (Lipinski definition) is 4. The first-order valence-corrected chi connectivity index (χ1v) is 5.40. The van der Waals surface area contributed by atoms with Crippen molar-refractivity contribution < 1.29 is 9.90 Å². The Morgan fingerprint density at radius 1 is 1.92 bits per heavy atom. The second-order valence-corrected chi connectivity index (χ2v) is 4.32. The SMILES string of the molecule is C/C=C1\CSC(SCC(=O)O)=N1. The molecule has 1 heterocycles. The minimum absolute atomic E-state index is 0.100. The molecule has 12 heavy (non-hydrogen) atoms. The molecule has 0 saturated heterocycles. The molecule has 1 aliphatic heterocycles. The Morgan fingerprint density at radius 3 is 3.17 bits per heavy atom. The largest absolute Gasteiger partial charge is 0.481 e. The van der Waals surface area contributed by atoms with Crippen molar-refractivity contribution >= 4 is 33.9 Å². The number of carbonyl (C=O) groups is 1. The van der Waals surface area contributed by atoms with E-state index in [0.29, 0.717) is 0 Å². The van der Waals surface area contributed by atoms with Gasteiger partial charge in [0.15, 0.2) is 0 Å². The number of carboxylic acids is 1. The summed E-state index contributed by atoms with van der Waals surface area (Å²) in [6.07, 6.45) is 1.95. The van der Waals surface area contributed by atoms with Crippen LogP contribution in [0.3, 0.4) is 0 Å². The molecule has 0 atom stereocenters. The van der Waals surface area contributed by atoms with Crippen molar-refractivity contribution in [2.45, 2.75) is 6.92 Å². The number of rotatable bonds is 2. The molecule has 1 rings (SSSR count). The fraction of sp³-hybridized carbons (Fsp3) is 0.429. The first-order valence-electron chi connectivity index (χ1n) is 3.43. The van der Waals surface area contributed by atoms with Crippen molar-refractivity contribution in [3.63, 3.8) is 0 Å². The summed E-state index contributed by atoms with van der Waals surface area (Å²) in [7, 11) is 0. The lowest BCUT2D eigenvalue weighted by Gasteiger charge is -1.92. The molecule has 0 amide bonds. The lowest BCUT2D eigenvalue weighted by molar-refractivity contribution is -0.133. The summed E-state index contributed by atoms with van der Waals surface area (Å²) in [5, 5.41) is 8.40. The average Bonchev–Trinajstić information content (AvgIpc) is 2.48. The molecule has 0 aromatic carbocycles. The molecular weight excluding hydrogens is 194 g/mol. The number of aliphatic carboxylic acids is 1. The van der Waals surface area contributed by atoms with Crippen LogP contribution in [-0.2, 0) is 4.79 Å². The van der Waals surface area contributed by atoms with E-state index in [2.05, 4.69) is 4.99 Å².